The highest BCUT2D eigenvalue weighted by Crippen LogP contribution is 2.39. The third-order valence-corrected chi connectivity index (χ3v) is 6.23. The number of aliphatic hydroxyl groups is 1. The molecule has 1 saturated heterocycles. The van der Waals surface area contributed by atoms with Crippen LogP contribution in [-0.4, -0.2) is 55.6 Å². The van der Waals surface area contributed by atoms with Gasteiger partial charge in [-0.1, -0.05) is 32.1 Å². The third kappa shape index (κ3) is 3.58. The van der Waals surface area contributed by atoms with Crippen LogP contribution in [0.5, 0.6) is 0 Å². The Hall–Kier alpha value is -2.59. The summed E-state index contributed by atoms with van der Waals surface area (Å²) in [6, 6.07) is -1.51. The lowest BCUT2D eigenvalue weighted by atomic mass is 9.94. The summed E-state index contributed by atoms with van der Waals surface area (Å²) in [5.74, 6) is 0.0439. The van der Waals surface area contributed by atoms with E-state index in [0.29, 0.717) is 11.6 Å². The largest absolute Gasteiger partial charge is 0.390 e. The van der Waals surface area contributed by atoms with E-state index in [0.717, 1.165) is 40.5 Å². The number of carbonyl (C=O) groups excluding carboxylic acids is 2. The lowest BCUT2D eigenvalue weighted by Gasteiger charge is -2.23. The van der Waals surface area contributed by atoms with Crippen LogP contribution < -0.4 is 11.1 Å². The van der Waals surface area contributed by atoms with Crippen molar-refractivity contribution >= 4 is 28.4 Å². The molecule has 2 aliphatic rings. The van der Waals surface area contributed by atoms with Crippen molar-refractivity contribution in [2.45, 2.75) is 57.6 Å². The summed E-state index contributed by atoms with van der Waals surface area (Å²) in [6.45, 7) is 6.46. The van der Waals surface area contributed by atoms with Gasteiger partial charge in [-0.2, -0.15) is 0 Å². The van der Waals surface area contributed by atoms with Gasteiger partial charge in [0.1, 0.15) is 11.9 Å². The number of thiazole rings is 1. The van der Waals surface area contributed by atoms with Crippen LogP contribution in [-0.2, 0) is 23.1 Å². The molecule has 2 atom stereocenters. The highest BCUT2D eigenvalue weighted by Gasteiger charge is 2.40. The first-order valence-electron chi connectivity index (χ1n) is 9.56. The molecule has 1 aliphatic heterocycles. The number of aliphatic hydroxyl groups excluding tert-OH is 1. The lowest BCUT2D eigenvalue weighted by molar-refractivity contribution is -0.123. The van der Waals surface area contributed by atoms with Gasteiger partial charge in [0, 0.05) is 18.2 Å². The number of nitrogens with zero attached hydrogens (tertiary/aromatic N) is 4. The smallest absolute Gasteiger partial charge is 0.324 e. The number of hydrogen-bond donors (Lipinski definition) is 3. The van der Waals surface area contributed by atoms with Gasteiger partial charge < -0.3 is 15.7 Å². The van der Waals surface area contributed by atoms with E-state index in [9.17, 15) is 14.7 Å². The molecule has 2 aromatic rings. The van der Waals surface area contributed by atoms with Crippen LogP contribution in [0, 0.1) is 0 Å². The van der Waals surface area contributed by atoms with Crippen molar-refractivity contribution in [1.82, 2.24) is 19.9 Å². The van der Waals surface area contributed by atoms with Crippen molar-refractivity contribution in [3.05, 3.63) is 23.3 Å². The van der Waals surface area contributed by atoms with Crippen LogP contribution in [0.15, 0.2) is 6.20 Å². The molecule has 0 spiro atoms. The predicted octanol–water partition coefficient (Wildman–Crippen LogP) is 1.45. The molecule has 0 saturated carbocycles. The van der Waals surface area contributed by atoms with E-state index in [4.69, 9.17) is 10.7 Å². The van der Waals surface area contributed by atoms with Crippen molar-refractivity contribution in [2.24, 2.45) is 5.73 Å². The highest BCUT2D eigenvalue weighted by molar-refractivity contribution is 7.19. The molecular formula is C19H24N6O3S. The van der Waals surface area contributed by atoms with Gasteiger partial charge in [-0.25, -0.2) is 19.7 Å². The molecule has 0 aromatic carbocycles. The molecule has 4 N–H and O–H groups in total. The van der Waals surface area contributed by atoms with Crippen molar-refractivity contribution in [1.29, 1.82) is 0 Å². The zero-order chi connectivity index (χ0) is 20.9. The molecule has 1 fully saturated rings. The molecule has 154 valence electrons. The van der Waals surface area contributed by atoms with Gasteiger partial charge in [0.05, 0.1) is 22.4 Å². The van der Waals surface area contributed by atoms with Crippen molar-refractivity contribution in [3.8, 4) is 10.6 Å². The van der Waals surface area contributed by atoms with E-state index in [1.54, 1.807) is 0 Å². The molecule has 1 aliphatic carbocycles. The highest BCUT2D eigenvalue weighted by atomic mass is 32.1. The number of amides is 3. The van der Waals surface area contributed by atoms with Gasteiger partial charge in [0.25, 0.3) is 0 Å². The summed E-state index contributed by atoms with van der Waals surface area (Å²) in [4.78, 5) is 40.3. The van der Waals surface area contributed by atoms with Gasteiger partial charge >= 0.3 is 6.03 Å². The Morgan fingerprint density at radius 2 is 2.07 bits per heavy atom. The number of urea groups is 1. The number of aryl methyl sites for hydroxylation is 2. The van der Waals surface area contributed by atoms with Crippen LogP contribution in [0.4, 0.5) is 9.93 Å². The van der Waals surface area contributed by atoms with E-state index in [2.05, 4.69) is 36.1 Å². The Morgan fingerprint density at radius 1 is 1.31 bits per heavy atom. The van der Waals surface area contributed by atoms with Crippen LogP contribution >= 0.6 is 11.3 Å². The maximum atomic E-state index is 12.7. The summed E-state index contributed by atoms with van der Waals surface area (Å²) in [7, 11) is 0. The Labute approximate surface area is 172 Å². The number of nitrogens with two attached hydrogens (primary N) is 1. The van der Waals surface area contributed by atoms with E-state index in [1.165, 1.54) is 16.2 Å². The standard InChI is InChI=1S/C19H24N6O3S/c1-19(2,3)16-21-8-9-4-5-10-14(12(9)23-16)29-17(22-10)24-18(28)25-7-6-11(26)13(25)15(20)27/h8,11,13,26H,4-7H2,1-3H3,(H2,20,27)(H,22,24,28)/t11-,13+/m1/s1. The first kappa shape index (κ1) is 19.7. The summed E-state index contributed by atoms with van der Waals surface area (Å²) in [5.41, 5.74) is 8.01. The molecule has 29 heavy (non-hydrogen) atoms. The number of primary amides is 1. The van der Waals surface area contributed by atoms with Gasteiger partial charge in [0.2, 0.25) is 5.91 Å². The normalized spacial score (nSPS) is 20.9. The first-order chi connectivity index (χ1) is 13.6. The maximum Gasteiger partial charge on any atom is 0.324 e. The number of rotatable bonds is 2. The quantitative estimate of drug-likeness (QED) is 0.678. The SMILES string of the molecule is CC(C)(C)c1ncc2c(n1)-c1sc(NC(=O)N3CC[C@@H](O)[C@H]3C(N)=O)nc1CC2. The molecule has 10 heteroatoms. The van der Waals surface area contributed by atoms with Crippen molar-refractivity contribution < 1.29 is 14.7 Å². The van der Waals surface area contributed by atoms with E-state index in [-0.39, 0.29) is 12.0 Å². The number of aromatic nitrogens is 3. The Morgan fingerprint density at radius 3 is 2.76 bits per heavy atom. The van der Waals surface area contributed by atoms with E-state index in [1.807, 2.05) is 6.20 Å². The van der Waals surface area contributed by atoms with Crippen LogP contribution in [0.2, 0.25) is 0 Å². The topological polar surface area (TPSA) is 134 Å². The van der Waals surface area contributed by atoms with Crippen LogP contribution in [0.3, 0.4) is 0 Å². The van der Waals surface area contributed by atoms with Gasteiger partial charge in [-0.3, -0.25) is 10.1 Å². The second-order valence-corrected chi connectivity index (χ2v) is 9.44. The van der Waals surface area contributed by atoms with Gasteiger partial charge in [-0.05, 0) is 24.8 Å². The average Bonchev–Trinajstić information content (AvgIpc) is 3.23. The predicted molar refractivity (Wildman–Crippen MR) is 109 cm³/mol. The summed E-state index contributed by atoms with van der Waals surface area (Å²) < 4.78 is 0. The number of anilines is 1. The molecule has 0 bridgehead atoms. The average molecular weight is 417 g/mol. The molecule has 0 unspecified atom stereocenters. The molecule has 3 heterocycles. The maximum absolute atomic E-state index is 12.7. The molecule has 2 aromatic heterocycles. The fourth-order valence-corrected chi connectivity index (χ4v) is 4.70. The van der Waals surface area contributed by atoms with Crippen LogP contribution in [0.25, 0.3) is 10.6 Å². The number of nitrogens with one attached hydrogen (secondary N) is 1. The molecule has 4 rings (SSSR count). The van der Waals surface area contributed by atoms with Crippen molar-refractivity contribution in [3.63, 3.8) is 0 Å². The molecular weight excluding hydrogens is 392 g/mol. The summed E-state index contributed by atoms with van der Waals surface area (Å²) >= 11 is 1.36. The minimum Gasteiger partial charge on any atom is -0.390 e. The zero-order valence-electron chi connectivity index (χ0n) is 16.6. The van der Waals surface area contributed by atoms with Gasteiger partial charge in [0.15, 0.2) is 5.13 Å². The molecule has 3 amide bonds. The minimum atomic E-state index is -1.02. The molecule has 9 nitrogen and oxygen atoms in total. The number of likely N-dealkylation sites (tertiary alicyclic amines) is 1. The van der Waals surface area contributed by atoms with Crippen molar-refractivity contribution in [2.75, 3.05) is 11.9 Å². The Bertz CT molecular complexity index is 983. The second-order valence-electron chi connectivity index (χ2n) is 8.44. The molecule has 0 radical (unpaired) electrons. The Kier molecular flexibility index (Phi) is 4.78. The summed E-state index contributed by atoms with van der Waals surface area (Å²) in [5, 5.41) is 13.1. The zero-order valence-corrected chi connectivity index (χ0v) is 17.4. The summed E-state index contributed by atoms with van der Waals surface area (Å²) in [6.07, 6.45) is 2.80. The Balaban J connectivity index is 1.60. The number of carbonyl (C=O) groups is 2. The third-order valence-electron chi connectivity index (χ3n) is 5.21. The van der Waals surface area contributed by atoms with Crippen LogP contribution in [0.1, 0.15) is 44.3 Å². The first-order valence-corrected chi connectivity index (χ1v) is 10.4. The van der Waals surface area contributed by atoms with E-state index < -0.39 is 24.1 Å². The van der Waals surface area contributed by atoms with Gasteiger partial charge in [-0.15, -0.1) is 0 Å². The second kappa shape index (κ2) is 7.03. The monoisotopic (exact) mass is 416 g/mol. The minimum absolute atomic E-state index is 0.172. The number of fused-ring (bicyclic) bond motifs is 3. The lowest BCUT2D eigenvalue weighted by Crippen LogP contribution is -2.49. The fourth-order valence-electron chi connectivity index (χ4n) is 3.67. The number of hydrogen-bond acceptors (Lipinski definition) is 7. The van der Waals surface area contributed by atoms with E-state index >= 15 is 0 Å². The fraction of sp³-hybridized carbons (Fsp3) is 0.526.